The molecule has 1 atom stereocenters. The van der Waals surface area contributed by atoms with E-state index in [0.29, 0.717) is 32.8 Å². The number of benzene rings is 2. The molecule has 1 unspecified atom stereocenters. The van der Waals surface area contributed by atoms with E-state index in [-0.39, 0.29) is 29.9 Å². The average molecular weight is 513 g/mol. The van der Waals surface area contributed by atoms with Crippen molar-refractivity contribution in [2.24, 2.45) is 5.92 Å². The van der Waals surface area contributed by atoms with Gasteiger partial charge in [0, 0.05) is 73.6 Å². The van der Waals surface area contributed by atoms with E-state index in [0.717, 1.165) is 45.1 Å². The van der Waals surface area contributed by atoms with Gasteiger partial charge in [-0.15, -0.1) is 0 Å². The minimum absolute atomic E-state index is 0.132. The number of sulfonamides is 1. The van der Waals surface area contributed by atoms with E-state index >= 15 is 0 Å². The van der Waals surface area contributed by atoms with Gasteiger partial charge >= 0.3 is 0 Å². The number of morpholine rings is 1. The number of amides is 1. The second-order valence-corrected chi connectivity index (χ2v) is 11.5. The molecule has 2 fully saturated rings. The number of aromatic nitrogens is 1. The molecule has 2 N–H and O–H groups in total. The summed E-state index contributed by atoms with van der Waals surface area (Å²) in [5, 5.41) is 10.7. The number of aliphatic hydroxyl groups is 1. The Bertz CT molecular complexity index is 1320. The van der Waals surface area contributed by atoms with Crippen LogP contribution in [0.5, 0.6) is 0 Å². The van der Waals surface area contributed by atoms with Crippen LogP contribution in [0.3, 0.4) is 0 Å². The Labute approximate surface area is 211 Å². The lowest BCUT2D eigenvalue weighted by molar-refractivity contribution is -0.135. The molecule has 0 bridgehead atoms. The van der Waals surface area contributed by atoms with E-state index in [1.165, 1.54) is 7.05 Å². The molecule has 2 saturated heterocycles. The molecule has 192 valence electrons. The zero-order chi connectivity index (χ0) is 25.3. The van der Waals surface area contributed by atoms with Crippen LogP contribution in [0.1, 0.15) is 6.42 Å². The summed E-state index contributed by atoms with van der Waals surface area (Å²) in [4.78, 5) is 20.1. The molecular formula is C26H32N4O5S. The number of nitrogens with one attached hydrogen (secondary N) is 1. The van der Waals surface area contributed by atoms with Crippen molar-refractivity contribution in [3.05, 3.63) is 48.5 Å². The Kier molecular flexibility index (Phi) is 7.03. The van der Waals surface area contributed by atoms with Gasteiger partial charge in [-0.2, -0.15) is 4.31 Å². The predicted molar refractivity (Wildman–Crippen MR) is 138 cm³/mol. The van der Waals surface area contributed by atoms with Crippen molar-refractivity contribution in [2.45, 2.75) is 11.3 Å². The van der Waals surface area contributed by atoms with Gasteiger partial charge < -0.3 is 24.6 Å². The molecule has 5 rings (SSSR count). The van der Waals surface area contributed by atoms with E-state index in [9.17, 15) is 18.3 Å². The number of fused-ring (bicyclic) bond motifs is 1. The summed E-state index contributed by atoms with van der Waals surface area (Å²) >= 11 is 0. The van der Waals surface area contributed by atoms with E-state index in [4.69, 9.17) is 4.74 Å². The molecule has 3 aromatic rings. The number of aliphatic hydroxyl groups excluding tert-OH is 1. The first kappa shape index (κ1) is 24.8. The van der Waals surface area contributed by atoms with Crippen LogP contribution in [-0.2, 0) is 19.6 Å². The Morgan fingerprint density at radius 3 is 2.64 bits per heavy atom. The molecule has 0 aliphatic carbocycles. The molecule has 0 saturated carbocycles. The fourth-order valence-electron chi connectivity index (χ4n) is 4.95. The molecule has 2 aliphatic rings. The molecule has 2 aromatic carbocycles. The molecule has 1 aromatic heterocycles. The first-order valence-electron chi connectivity index (χ1n) is 12.3. The van der Waals surface area contributed by atoms with Crippen molar-refractivity contribution < 1.29 is 23.1 Å². The fraction of sp³-hybridized carbons (Fsp3) is 0.423. The number of H-pyrrole nitrogens is 1. The van der Waals surface area contributed by atoms with Crippen molar-refractivity contribution in [1.29, 1.82) is 0 Å². The molecule has 2 aliphatic heterocycles. The Balaban J connectivity index is 1.48. The maximum atomic E-state index is 13.5. The molecule has 0 radical (unpaired) electrons. The molecule has 9 nitrogen and oxygen atoms in total. The number of likely N-dealkylation sites (N-methyl/N-ethyl adjacent to an activating group) is 1. The average Bonchev–Trinajstić information content (AvgIpc) is 3.56. The van der Waals surface area contributed by atoms with Gasteiger partial charge in [-0.05, 0) is 36.8 Å². The van der Waals surface area contributed by atoms with Gasteiger partial charge in [0.1, 0.15) is 0 Å². The number of carbonyl (C=O) groups excluding carboxylic acids is 1. The SMILES string of the molecule is CN(CC(=O)N1CCOCC1)S(=O)(=O)c1ccc(N2CCC(CO)C2)c(-c2cc3ccccc3[nH]2)c1. The first-order valence-corrected chi connectivity index (χ1v) is 13.7. The zero-order valence-electron chi connectivity index (χ0n) is 20.4. The Morgan fingerprint density at radius 2 is 1.92 bits per heavy atom. The van der Waals surface area contributed by atoms with Crippen LogP contribution in [0.15, 0.2) is 53.4 Å². The van der Waals surface area contributed by atoms with Crippen LogP contribution in [0.2, 0.25) is 0 Å². The van der Waals surface area contributed by atoms with Gasteiger partial charge in [-0.1, -0.05) is 18.2 Å². The van der Waals surface area contributed by atoms with Crippen molar-refractivity contribution in [3.8, 4) is 11.3 Å². The number of anilines is 1. The van der Waals surface area contributed by atoms with E-state index in [1.54, 1.807) is 17.0 Å². The lowest BCUT2D eigenvalue weighted by Gasteiger charge is -2.28. The highest BCUT2D eigenvalue weighted by Crippen LogP contribution is 2.37. The maximum Gasteiger partial charge on any atom is 0.243 e. The standard InChI is InChI=1S/C26H32N4O5S/c1-28(17-26(32)29-10-12-35-13-11-29)36(33,34)21-6-7-25(30-9-8-19(16-30)18-31)22(15-21)24-14-20-4-2-3-5-23(20)27-24/h2-7,14-15,19,27,31H,8-13,16-18H2,1H3. The van der Waals surface area contributed by atoms with Crippen molar-refractivity contribution >= 4 is 32.5 Å². The number of carbonyl (C=O) groups is 1. The van der Waals surface area contributed by atoms with Crippen LogP contribution in [0.4, 0.5) is 5.69 Å². The van der Waals surface area contributed by atoms with Gasteiger partial charge in [0.05, 0.1) is 24.7 Å². The third-order valence-corrected chi connectivity index (χ3v) is 8.90. The Hall–Kier alpha value is -2.92. The van der Waals surface area contributed by atoms with Crippen LogP contribution < -0.4 is 4.90 Å². The summed E-state index contributed by atoms with van der Waals surface area (Å²) in [6.07, 6.45) is 0.884. The lowest BCUT2D eigenvalue weighted by atomic mass is 10.1. The van der Waals surface area contributed by atoms with E-state index in [1.807, 2.05) is 36.4 Å². The van der Waals surface area contributed by atoms with E-state index in [2.05, 4.69) is 9.88 Å². The highest BCUT2D eigenvalue weighted by Gasteiger charge is 2.29. The second-order valence-electron chi connectivity index (χ2n) is 9.49. The summed E-state index contributed by atoms with van der Waals surface area (Å²) in [6.45, 7) is 3.27. The van der Waals surface area contributed by atoms with Crippen LogP contribution in [-0.4, -0.2) is 93.2 Å². The highest BCUT2D eigenvalue weighted by atomic mass is 32.2. The van der Waals surface area contributed by atoms with Crippen LogP contribution in [0, 0.1) is 5.92 Å². The largest absolute Gasteiger partial charge is 0.396 e. The minimum Gasteiger partial charge on any atom is -0.396 e. The fourth-order valence-corrected chi connectivity index (χ4v) is 6.10. The monoisotopic (exact) mass is 512 g/mol. The molecule has 1 amide bonds. The number of rotatable bonds is 7. The predicted octanol–water partition coefficient (Wildman–Crippen LogP) is 2.13. The number of hydrogen-bond acceptors (Lipinski definition) is 6. The summed E-state index contributed by atoms with van der Waals surface area (Å²) in [6, 6.07) is 15.1. The molecule has 0 spiro atoms. The summed E-state index contributed by atoms with van der Waals surface area (Å²) in [7, 11) is -2.47. The molecule has 10 heteroatoms. The summed E-state index contributed by atoms with van der Waals surface area (Å²) in [5.74, 6) is -0.0368. The number of para-hydroxylation sites is 1. The molecule has 36 heavy (non-hydrogen) atoms. The minimum atomic E-state index is -3.91. The van der Waals surface area contributed by atoms with Crippen molar-refractivity contribution in [2.75, 3.05) is 64.5 Å². The smallest absolute Gasteiger partial charge is 0.243 e. The quantitative estimate of drug-likeness (QED) is 0.503. The van der Waals surface area contributed by atoms with Gasteiger partial charge in [0.2, 0.25) is 15.9 Å². The third-order valence-electron chi connectivity index (χ3n) is 7.10. The second kappa shape index (κ2) is 10.2. The van der Waals surface area contributed by atoms with Gasteiger partial charge in [-0.3, -0.25) is 4.79 Å². The topological polar surface area (TPSA) is 106 Å². The summed E-state index contributed by atoms with van der Waals surface area (Å²) in [5.41, 5.74) is 3.49. The molecule has 3 heterocycles. The normalized spacial score (nSPS) is 18.9. The number of aromatic amines is 1. The molecular weight excluding hydrogens is 480 g/mol. The van der Waals surface area contributed by atoms with Gasteiger partial charge in [-0.25, -0.2) is 8.42 Å². The summed E-state index contributed by atoms with van der Waals surface area (Å²) < 4.78 is 33.4. The van der Waals surface area contributed by atoms with Crippen LogP contribution >= 0.6 is 0 Å². The van der Waals surface area contributed by atoms with Gasteiger partial charge in [0.25, 0.3) is 0 Å². The van der Waals surface area contributed by atoms with E-state index < -0.39 is 10.0 Å². The lowest BCUT2D eigenvalue weighted by Crippen LogP contribution is -2.46. The maximum absolute atomic E-state index is 13.5. The van der Waals surface area contributed by atoms with Crippen molar-refractivity contribution in [3.63, 3.8) is 0 Å². The number of hydrogen-bond donors (Lipinski definition) is 2. The number of nitrogens with zero attached hydrogens (tertiary/aromatic N) is 3. The zero-order valence-corrected chi connectivity index (χ0v) is 21.2. The number of ether oxygens (including phenoxy) is 1. The van der Waals surface area contributed by atoms with Crippen LogP contribution in [0.25, 0.3) is 22.2 Å². The first-order chi connectivity index (χ1) is 17.4. The van der Waals surface area contributed by atoms with Gasteiger partial charge in [0.15, 0.2) is 0 Å². The Morgan fingerprint density at radius 1 is 1.14 bits per heavy atom. The highest BCUT2D eigenvalue weighted by molar-refractivity contribution is 7.89. The third kappa shape index (κ3) is 4.86. The van der Waals surface area contributed by atoms with Crippen molar-refractivity contribution in [1.82, 2.24) is 14.2 Å².